The third kappa shape index (κ3) is 2.01. The fourth-order valence-corrected chi connectivity index (χ4v) is 3.22. The molecule has 0 radical (unpaired) electrons. The smallest absolute Gasteiger partial charge is 0.0490 e. The van der Waals surface area contributed by atoms with Crippen LogP contribution in [0.1, 0.15) is 41.0 Å². The Balaban J connectivity index is 2.11. The van der Waals surface area contributed by atoms with E-state index in [0.717, 1.165) is 13.2 Å². The van der Waals surface area contributed by atoms with Crippen LogP contribution < -0.4 is 5.32 Å². The number of rotatable bonds is 1. The Labute approximate surface area is 100 Å². The van der Waals surface area contributed by atoms with Gasteiger partial charge in [0, 0.05) is 43.4 Å². The number of nitrogens with zero attached hydrogens (tertiary/aromatic N) is 2. The topological polar surface area (TPSA) is 18.5 Å². The molecule has 1 spiro atoms. The van der Waals surface area contributed by atoms with Gasteiger partial charge in [0.25, 0.3) is 0 Å². The maximum atomic E-state index is 3.56. The minimum Gasteiger partial charge on any atom is -0.302 e. The summed E-state index contributed by atoms with van der Waals surface area (Å²) in [4.78, 5) is 5.29. The van der Waals surface area contributed by atoms with Crippen LogP contribution in [-0.4, -0.2) is 53.2 Å². The zero-order valence-corrected chi connectivity index (χ0v) is 11.5. The van der Waals surface area contributed by atoms with Crippen LogP contribution in [0.15, 0.2) is 0 Å². The number of hydrogen-bond acceptors (Lipinski definition) is 3. The highest BCUT2D eigenvalue weighted by Crippen LogP contribution is 2.35. The summed E-state index contributed by atoms with van der Waals surface area (Å²) < 4.78 is 0. The molecule has 2 saturated heterocycles. The van der Waals surface area contributed by atoms with Crippen molar-refractivity contribution in [2.75, 3.05) is 26.3 Å². The minimum atomic E-state index is 0.314. The van der Waals surface area contributed by atoms with E-state index in [1.165, 1.54) is 19.5 Å². The summed E-state index contributed by atoms with van der Waals surface area (Å²) >= 11 is 0. The fraction of sp³-hybridized carbons (Fsp3) is 1.00. The largest absolute Gasteiger partial charge is 0.302 e. The second-order valence-corrected chi connectivity index (χ2v) is 6.72. The van der Waals surface area contributed by atoms with Crippen LogP contribution in [-0.2, 0) is 0 Å². The van der Waals surface area contributed by atoms with Gasteiger partial charge in [0.2, 0.25) is 0 Å². The molecule has 3 heteroatoms. The summed E-state index contributed by atoms with van der Waals surface area (Å²) in [7, 11) is 0. The Kier molecular flexibility index (Phi) is 3.06. The van der Waals surface area contributed by atoms with Gasteiger partial charge in [-0.25, -0.2) is 0 Å². The van der Waals surface area contributed by atoms with Gasteiger partial charge < -0.3 is 5.32 Å². The van der Waals surface area contributed by atoms with Crippen molar-refractivity contribution in [2.45, 2.75) is 58.2 Å². The standard InChI is InChI=1S/C13H27N3/c1-11(2)16-10-14-8-13(16)6-7-15(9-13)12(3,4)5/h11,14H,6-10H2,1-5H3. The molecule has 2 aliphatic heterocycles. The van der Waals surface area contributed by atoms with E-state index in [9.17, 15) is 0 Å². The molecule has 2 rings (SSSR count). The maximum absolute atomic E-state index is 3.56. The first-order valence-corrected chi connectivity index (χ1v) is 6.58. The van der Waals surface area contributed by atoms with Crippen molar-refractivity contribution < 1.29 is 0 Å². The molecule has 94 valence electrons. The average Bonchev–Trinajstić information content (AvgIpc) is 2.73. The molecule has 2 fully saturated rings. The van der Waals surface area contributed by atoms with Gasteiger partial charge in [-0.1, -0.05) is 0 Å². The third-order valence-corrected chi connectivity index (χ3v) is 4.25. The van der Waals surface area contributed by atoms with Crippen molar-refractivity contribution in [1.82, 2.24) is 15.1 Å². The van der Waals surface area contributed by atoms with Crippen LogP contribution >= 0.6 is 0 Å². The monoisotopic (exact) mass is 225 g/mol. The summed E-state index contributed by atoms with van der Waals surface area (Å²) in [6, 6.07) is 0.648. The van der Waals surface area contributed by atoms with Crippen molar-refractivity contribution in [3.8, 4) is 0 Å². The van der Waals surface area contributed by atoms with E-state index in [-0.39, 0.29) is 0 Å². The van der Waals surface area contributed by atoms with Crippen molar-refractivity contribution in [1.29, 1.82) is 0 Å². The van der Waals surface area contributed by atoms with Gasteiger partial charge in [0.1, 0.15) is 0 Å². The van der Waals surface area contributed by atoms with Gasteiger partial charge >= 0.3 is 0 Å². The second kappa shape index (κ2) is 3.97. The molecular weight excluding hydrogens is 198 g/mol. The highest BCUT2D eigenvalue weighted by atomic mass is 15.4. The summed E-state index contributed by atoms with van der Waals surface area (Å²) in [6.45, 7) is 16.3. The first kappa shape index (κ1) is 12.3. The average molecular weight is 225 g/mol. The molecule has 0 aromatic rings. The molecule has 16 heavy (non-hydrogen) atoms. The molecule has 2 heterocycles. The Hall–Kier alpha value is -0.120. The zero-order valence-electron chi connectivity index (χ0n) is 11.5. The predicted molar refractivity (Wildman–Crippen MR) is 68.5 cm³/mol. The molecule has 3 nitrogen and oxygen atoms in total. The van der Waals surface area contributed by atoms with E-state index in [1.54, 1.807) is 0 Å². The van der Waals surface area contributed by atoms with Crippen molar-refractivity contribution in [2.24, 2.45) is 0 Å². The van der Waals surface area contributed by atoms with Crippen molar-refractivity contribution in [3.05, 3.63) is 0 Å². The SMILES string of the molecule is CC(C)N1CNCC12CCN(C(C)(C)C)C2. The minimum absolute atomic E-state index is 0.314. The molecule has 0 bridgehead atoms. The fourth-order valence-electron chi connectivity index (χ4n) is 3.22. The molecule has 0 aromatic heterocycles. The number of nitrogens with one attached hydrogen (secondary N) is 1. The highest BCUT2D eigenvalue weighted by molar-refractivity contribution is 5.06. The first-order chi connectivity index (χ1) is 7.35. The lowest BCUT2D eigenvalue weighted by atomic mass is 9.96. The van der Waals surface area contributed by atoms with Crippen LogP contribution in [0.2, 0.25) is 0 Å². The highest BCUT2D eigenvalue weighted by Gasteiger charge is 2.48. The molecule has 2 aliphatic rings. The van der Waals surface area contributed by atoms with Gasteiger partial charge in [-0.3, -0.25) is 9.80 Å². The van der Waals surface area contributed by atoms with Crippen LogP contribution in [0.25, 0.3) is 0 Å². The number of hydrogen-bond donors (Lipinski definition) is 1. The molecule has 1 unspecified atom stereocenters. The van der Waals surface area contributed by atoms with Crippen LogP contribution in [0.5, 0.6) is 0 Å². The summed E-state index contributed by atoms with van der Waals surface area (Å²) in [5, 5.41) is 3.56. The second-order valence-electron chi connectivity index (χ2n) is 6.72. The Bertz CT molecular complexity index is 256. The van der Waals surface area contributed by atoms with Crippen LogP contribution in [0, 0.1) is 0 Å². The molecule has 0 saturated carbocycles. The predicted octanol–water partition coefficient (Wildman–Crippen LogP) is 1.50. The van der Waals surface area contributed by atoms with E-state index in [4.69, 9.17) is 0 Å². The van der Waals surface area contributed by atoms with Gasteiger partial charge in [0.05, 0.1) is 0 Å². The van der Waals surface area contributed by atoms with Gasteiger partial charge in [0.15, 0.2) is 0 Å². The van der Waals surface area contributed by atoms with Gasteiger partial charge in [-0.05, 0) is 41.0 Å². The van der Waals surface area contributed by atoms with Gasteiger partial charge in [-0.15, -0.1) is 0 Å². The Morgan fingerprint density at radius 3 is 2.44 bits per heavy atom. The van der Waals surface area contributed by atoms with E-state index in [1.807, 2.05) is 0 Å². The quantitative estimate of drug-likeness (QED) is 0.729. The van der Waals surface area contributed by atoms with E-state index >= 15 is 0 Å². The van der Waals surface area contributed by atoms with Crippen molar-refractivity contribution in [3.63, 3.8) is 0 Å². The Morgan fingerprint density at radius 2 is 1.94 bits per heavy atom. The normalized spacial score (nSPS) is 33.4. The van der Waals surface area contributed by atoms with E-state index in [0.29, 0.717) is 17.1 Å². The van der Waals surface area contributed by atoms with Crippen LogP contribution in [0.4, 0.5) is 0 Å². The lowest BCUT2D eigenvalue weighted by molar-refractivity contribution is 0.0921. The molecule has 0 aliphatic carbocycles. The summed E-state index contributed by atoms with van der Waals surface area (Å²) in [6.07, 6.45) is 1.31. The summed E-state index contributed by atoms with van der Waals surface area (Å²) in [5.41, 5.74) is 0.718. The zero-order chi connectivity index (χ0) is 12.0. The maximum Gasteiger partial charge on any atom is 0.0490 e. The van der Waals surface area contributed by atoms with Crippen molar-refractivity contribution >= 4 is 0 Å². The van der Waals surface area contributed by atoms with E-state index < -0.39 is 0 Å². The van der Waals surface area contributed by atoms with Crippen LogP contribution in [0.3, 0.4) is 0 Å². The molecular formula is C13H27N3. The molecule has 1 atom stereocenters. The van der Waals surface area contributed by atoms with Gasteiger partial charge in [-0.2, -0.15) is 0 Å². The van der Waals surface area contributed by atoms with E-state index in [2.05, 4.69) is 49.7 Å². The molecule has 0 aromatic carbocycles. The lowest BCUT2D eigenvalue weighted by Gasteiger charge is -2.39. The third-order valence-electron chi connectivity index (χ3n) is 4.25. The summed E-state index contributed by atoms with van der Waals surface area (Å²) in [5.74, 6) is 0. The Morgan fingerprint density at radius 1 is 1.25 bits per heavy atom. The first-order valence-electron chi connectivity index (χ1n) is 6.58. The lowest BCUT2D eigenvalue weighted by Crippen LogP contribution is -2.52. The molecule has 1 N–H and O–H groups in total. The molecule has 0 amide bonds. The number of likely N-dealkylation sites (tertiary alicyclic amines) is 1.